The predicted octanol–water partition coefficient (Wildman–Crippen LogP) is 3.08. The summed E-state index contributed by atoms with van der Waals surface area (Å²) in [6.07, 6.45) is 0.761. The Labute approximate surface area is 186 Å². The van der Waals surface area contributed by atoms with Gasteiger partial charge in [-0.05, 0) is 50.6 Å². The third-order valence-corrected chi connectivity index (χ3v) is 5.57. The molecule has 0 saturated carbocycles. The van der Waals surface area contributed by atoms with Crippen LogP contribution in [0.1, 0.15) is 47.9 Å². The molecule has 166 valence electrons. The second kappa shape index (κ2) is 8.11. The lowest BCUT2D eigenvalue weighted by molar-refractivity contribution is -0.127. The zero-order valence-electron chi connectivity index (χ0n) is 18.3. The van der Waals surface area contributed by atoms with E-state index in [9.17, 15) is 19.2 Å². The molecule has 0 aromatic heterocycles. The van der Waals surface area contributed by atoms with Gasteiger partial charge in [-0.25, -0.2) is 0 Å². The van der Waals surface area contributed by atoms with E-state index in [-0.39, 0.29) is 12.5 Å². The molecule has 0 unspecified atom stereocenters. The Bertz CT molecular complexity index is 1090. The summed E-state index contributed by atoms with van der Waals surface area (Å²) in [5.74, 6) is -0.970. The first-order chi connectivity index (χ1) is 15.2. The molecule has 2 aliphatic rings. The fourth-order valence-electron chi connectivity index (χ4n) is 3.90. The monoisotopic (exact) mass is 435 g/mol. The second-order valence-corrected chi connectivity index (χ2v) is 8.60. The number of rotatable bonds is 5. The van der Waals surface area contributed by atoms with Gasteiger partial charge in [0.1, 0.15) is 18.9 Å². The van der Waals surface area contributed by atoms with E-state index in [0.29, 0.717) is 34.8 Å². The van der Waals surface area contributed by atoms with Gasteiger partial charge in [-0.15, -0.1) is 0 Å². The van der Waals surface area contributed by atoms with Gasteiger partial charge < -0.3 is 15.0 Å². The molecule has 2 aromatic rings. The molecule has 2 aliphatic heterocycles. The lowest BCUT2D eigenvalue weighted by Gasteiger charge is -2.28. The van der Waals surface area contributed by atoms with E-state index in [0.717, 1.165) is 11.3 Å². The SMILES string of the molecule is CCCN1C(=O)C(C)(C)COc2ccc(NC(=O)CN3C(=O)c4ccccc4C3=O)cc21. The summed E-state index contributed by atoms with van der Waals surface area (Å²) in [4.78, 5) is 53.3. The number of ether oxygens (including phenoxy) is 1. The average molecular weight is 435 g/mol. The normalized spacial score (nSPS) is 16.9. The third-order valence-electron chi connectivity index (χ3n) is 5.57. The molecular formula is C24H25N3O5. The minimum Gasteiger partial charge on any atom is -0.490 e. The van der Waals surface area contributed by atoms with Gasteiger partial charge in [0.15, 0.2) is 0 Å². The molecule has 4 rings (SSSR count). The van der Waals surface area contributed by atoms with Gasteiger partial charge in [-0.1, -0.05) is 19.1 Å². The van der Waals surface area contributed by atoms with Gasteiger partial charge >= 0.3 is 0 Å². The number of amides is 4. The quantitative estimate of drug-likeness (QED) is 0.728. The largest absolute Gasteiger partial charge is 0.490 e. The van der Waals surface area contributed by atoms with Crippen molar-refractivity contribution in [1.29, 1.82) is 0 Å². The molecule has 1 N–H and O–H groups in total. The van der Waals surface area contributed by atoms with Crippen molar-refractivity contribution in [3.05, 3.63) is 53.6 Å². The standard InChI is InChI=1S/C24H25N3O5/c1-4-11-26-18-12-15(9-10-19(18)32-14-24(2,3)23(26)31)25-20(28)13-27-21(29)16-7-5-6-8-17(16)22(27)30/h5-10,12H,4,11,13-14H2,1-3H3,(H,25,28). The van der Waals surface area contributed by atoms with Crippen LogP contribution in [0, 0.1) is 5.41 Å². The van der Waals surface area contributed by atoms with Crippen molar-refractivity contribution < 1.29 is 23.9 Å². The smallest absolute Gasteiger partial charge is 0.262 e. The molecule has 0 bridgehead atoms. The summed E-state index contributed by atoms with van der Waals surface area (Å²) in [5, 5.41) is 2.73. The summed E-state index contributed by atoms with van der Waals surface area (Å²) in [5.41, 5.74) is 0.944. The number of hydrogen-bond acceptors (Lipinski definition) is 5. The van der Waals surface area contributed by atoms with Gasteiger partial charge in [0.2, 0.25) is 11.8 Å². The van der Waals surface area contributed by atoms with Crippen molar-refractivity contribution in [1.82, 2.24) is 4.90 Å². The zero-order valence-corrected chi connectivity index (χ0v) is 18.3. The number of carbonyl (C=O) groups excluding carboxylic acids is 4. The highest BCUT2D eigenvalue weighted by Crippen LogP contribution is 2.38. The van der Waals surface area contributed by atoms with Crippen molar-refractivity contribution in [2.45, 2.75) is 27.2 Å². The maximum Gasteiger partial charge on any atom is 0.262 e. The number of benzene rings is 2. The molecule has 0 spiro atoms. The summed E-state index contributed by atoms with van der Waals surface area (Å²) in [6, 6.07) is 11.6. The van der Waals surface area contributed by atoms with E-state index >= 15 is 0 Å². The van der Waals surface area contributed by atoms with Crippen LogP contribution in [0.15, 0.2) is 42.5 Å². The van der Waals surface area contributed by atoms with Crippen molar-refractivity contribution in [3.8, 4) is 5.75 Å². The number of imide groups is 1. The van der Waals surface area contributed by atoms with Crippen LogP contribution in [0.3, 0.4) is 0 Å². The number of hydrogen-bond donors (Lipinski definition) is 1. The van der Waals surface area contributed by atoms with Crippen LogP contribution in [0.25, 0.3) is 0 Å². The Balaban J connectivity index is 1.53. The van der Waals surface area contributed by atoms with E-state index in [1.807, 2.05) is 20.8 Å². The van der Waals surface area contributed by atoms with Crippen LogP contribution < -0.4 is 15.0 Å². The molecule has 0 fully saturated rings. The number of carbonyl (C=O) groups is 4. The van der Waals surface area contributed by atoms with Crippen LogP contribution in [-0.4, -0.2) is 48.2 Å². The summed E-state index contributed by atoms with van der Waals surface area (Å²) in [6.45, 7) is 6.04. The van der Waals surface area contributed by atoms with Gasteiger partial charge in [-0.3, -0.25) is 24.1 Å². The molecule has 0 atom stereocenters. The van der Waals surface area contributed by atoms with Crippen LogP contribution >= 0.6 is 0 Å². The molecule has 2 aromatic carbocycles. The summed E-state index contributed by atoms with van der Waals surface area (Å²) >= 11 is 0. The Kier molecular flexibility index (Phi) is 5.46. The Morgan fingerprint density at radius 1 is 1.03 bits per heavy atom. The van der Waals surface area contributed by atoms with Crippen LogP contribution in [0.2, 0.25) is 0 Å². The number of nitrogens with zero attached hydrogens (tertiary/aromatic N) is 2. The van der Waals surface area contributed by atoms with Crippen LogP contribution in [-0.2, 0) is 9.59 Å². The molecule has 0 saturated heterocycles. The van der Waals surface area contributed by atoms with E-state index in [1.54, 1.807) is 47.4 Å². The van der Waals surface area contributed by atoms with E-state index < -0.39 is 29.7 Å². The van der Waals surface area contributed by atoms with E-state index in [4.69, 9.17) is 4.74 Å². The number of nitrogens with one attached hydrogen (secondary N) is 1. The highest BCUT2D eigenvalue weighted by molar-refractivity contribution is 6.22. The van der Waals surface area contributed by atoms with Crippen molar-refractivity contribution in [3.63, 3.8) is 0 Å². The summed E-state index contributed by atoms with van der Waals surface area (Å²) in [7, 11) is 0. The molecule has 8 nitrogen and oxygen atoms in total. The van der Waals surface area contributed by atoms with E-state index in [1.165, 1.54) is 0 Å². The van der Waals surface area contributed by atoms with Crippen LogP contribution in [0.4, 0.5) is 11.4 Å². The van der Waals surface area contributed by atoms with E-state index in [2.05, 4.69) is 5.32 Å². The Hall–Kier alpha value is -3.68. The zero-order chi connectivity index (χ0) is 23.0. The number of fused-ring (bicyclic) bond motifs is 2. The molecular weight excluding hydrogens is 410 g/mol. The molecule has 8 heteroatoms. The summed E-state index contributed by atoms with van der Waals surface area (Å²) < 4.78 is 5.87. The van der Waals surface area contributed by atoms with Crippen molar-refractivity contribution in [2.75, 3.05) is 29.9 Å². The van der Waals surface area contributed by atoms with Gasteiger partial charge in [0, 0.05) is 12.2 Å². The first-order valence-corrected chi connectivity index (χ1v) is 10.6. The lowest BCUT2D eigenvalue weighted by atomic mass is 9.93. The average Bonchev–Trinajstić information content (AvgIpc) is 2.95. The molecule has 0 radical (unpaired) electrons. The fraction of sp³-hybridized carbons (Fsp3) is 0.333. The maximum absolute atomic E-state index is 13.0. The first-order valence-electron chi connectivity index (χ1n) is 10.6. The van der Waals surface area contributed by atoms with Crippen LogP contribution in [0.5, 0.6) is 5.75 Å². The Morgan fingerprint density at radius 3 is 2.31 bits per heavy atom. The highest BCUT2D eigenvalue weighted by Gasteiger charge is 2.38. The minimum atomic E-state index is -0.677. The fourth-order valence-corrected chi connectivity index (χ4v) is 3.90. The van der Waals surface area contributed by atoms with Crippen molar-refractivity contribution >= 4 is 35.0 Å². The minimum absolute atomic E-state index is 0.0485. The molecule has 32 heavy (non-hydrogen) atoms. The van der Waals surface area contributed by atoms with Gasteiger partial charge in [-0.2, -0.15) is 0 Å². The van der Waals surface area contributed by atoms with Gasteiger partial charge in [0.25, 0.3) is 11.8 Å². The highest BCUT2D eigenvalue weighted by atomic mass is 16.5. The first kappa shape index (κ1) is 21.5. The lowest BCUT2D eigenvalue weighted by Crippen LogP contribution is -2.42. The second-order valence-electron chi connectivity index (χ2n) is 8.60. The number of anilines is 2. The Morgan fingerprint density at radius 2 is 1.69 bits per heavy atom. The third kappa shape index (κ3) is 3.72. The van der Waals surface area contributed by atoms with Crippen molar-refractivity contribution in [2.24, 2.45) is 5.41 Å². The molecule has 4 amide bonds. The maximum atomic E-state index is 13.0. The molecule has 0 aliphatic carbocycles. The van der Waals surface area contributed by atoms with Gasteiger partial charge in [0.05, 0.1) is 22.2 Å². The predicted molar refractivity (Wildman–Crippen MR) is 119 cm³/mol. The topological polar surface area (TPSA) is 96.0 Å². The molecule has 2 heterocycles.